The lowest BCUT2D eigenvalue weighted by Gasteiger charge is -2.34. The van der Waals surface area contributed by atoms with Crippen molar-refractivity contribution < 1.29 is 4.79 Å². The van der Waals surface area contributed by atoms with Gasteiger partial charge in [-0.1, -0.05) is 66.2 Å². The SMILES string of the molecule is CCN1CCC2(CC1)N=C(SCC(=O)Nc1ccc(C)cc1C)C(c1ccc(C)cc1)=N2. The molecule has 1 amide bonds. The number of aliphatic imine (C=N–C) groups is 2. The van der Waals surface area contributed by atoms with E-state index in [9.17, 15) is 4.79 Å². The van der Waals surface area contributed by atoms with E-state index in [4.69, 9.17) is 9.98 Å². The first kappa shape index (κ1) is 22.7. The summed E-state index contributed by atoms with van der Waals surface area (Å²) in [4.78, 5) is 25.4. The van der Waals surface area contributed by atoms with E-state index < -0.39 is 0 Å². The first-order chi connectivity index (χ1) is 15.4. The Balaban J connectivity index is 1.50. The Labute approximate surface area is 195 Å². The van der Waals surface area contributed by atoms with E-state index in [0.29, 0.717) is 5.75 Å². The van der Waals surface area contributed by atoms with Crippen molar-refractivity contribution in [3.63, 3.8) is 0 Å². The van der Waals surface area contributed by atoms with Gasteiger partial charge in [-0.3, -0.25) is 9.79 Å². The monoisotopic (exact) mass is 448 g/mol. The Bertz CT molecular complexity index is 1050. The van der Waals surface area contributed by atoms with Gasteiger partial charge in [0.2, 0.25) is 5.91 Å². The number of hydrogen-bond donors (Lipinski definition) is 1. The minimum absolute atomic E-state index is 0.0188. The van der Waals surface area contributed by atoms with Crippen LogP contribution < -0.4 is 5.32 Å². The molecule has 0 aliphatic carbocycles. The Morgan fingerprint density at radius 2 is 1.72 bits per heavy atom. The molecule has 0 atom stereocenters. The molecule has 6 heteroatoms. The van der Waals surface area contributed by atoms with Gasteiger partial charge in [-0.25, -0.2) is 4.99 Å². The summed E-state index contributed by atoms with van der Waals surface area (Å²) >= 11 is 1.50. The topological polar surface area (TPSA) is 57.1 Å². The third-order valence-corrected chi connectivity index (χ3v) is 7.22. The van der Waals surface area contributed by atoms with Crippen LogP contribution in [0.2, 0.25) is 0 Å². The second-order valence-electron chi connectivity index (χ2n) is 8.82. The molecule has 0 aromatic heterocycles. The summed E-state index contributed by atoms with van der Waals surface area (Å²) in [5.74, 6) is 0.295. The molecule has 32 heavy (non-hydrogen) atoms. The van der Waals surface area contributed by atoms with Crippen LogP contribution in [0.4, 0.5) is 5.69 Å². The first-order valence-electron chi connectivity index (χ1n) is 11.4. The van der Waals surface area contributed by atoms with Crippen molar-refractivity contribution in [2.24, 2.45) is 9.98 Å². The number of hydrogen-bond acceptors (Lipinski definition) is 5. The maximum Gasteiger partial charge on any atom is 0.234 e. The maximum absolute atomic E-state index is 12.7. The predicted molar refractivity (Wildman–Crippen MR) is 136 cm³/mol. The molecule has 2 aliphatic heterocycles. The standard InChI is InChI=1S/C26H32N4OS/c1-5-30-14-12-26(13-15-30)28-24(21-9-6-18(2)7-10-21)25(29-26)32-17-23(31)27-22-11-8-19(3)16-20(22)4/h6-11,16H,5,12-15,17H2,1-4H3,(H,27,31). The van der Waals surface area contributed by atoms with Crippen molar-refractivity contribution in [2.75, 3.05) is 30.7 Å². The average molecular weight is 449 g/mol. The highest BCUT2D eigenvalue weighted by Crippen LogP contribution is 2.35. The van der Waals surface area contributed by atoms with Crippen molar-refractivity contribution in [1.29, 1.82) is 0 Å². The van der Waals surface area contributed by atoms with Crippen molar-refractivity contribution in [3.8, 4) is 0 Å². The van der Waals surface area contributed by atoms with Gasteiger partial charge >= 0.3 is 0 Å². The Kier molecular flexibility index (Phi) is 6.82. The Hall–Kier alpha value is -2.44. The first-order valence-corrected chi connectivity index (χ1v) is 12.4. The van der Waals surface area contributed by atoms with E-state index >= 15 is 0 Å². The van der Waals surface area contributed by atoms with E-state index in [1.807, 2.05) is 19.1 Å². The maximum atomic E-state index is 12.7. The van der Waals surface area contributed by atoms with Crippen LogP contribution in [0.5, 0.6) is 0 Å². The van der Waals surface area contributed by atoms with Crippen LogP contribution in [0, 0.1) is 20.8 Å². The minimum atomic E-state index is -0.377. The van der Waals surface area contributed by atoms with E-state index in [-0.39, 0.29) is 11.6 Å². The third kappa shape index (κ3) is 5.13. The molecule has 0 radical (unpaired) electrons. The largest absolute Gasteiger partial charge is 0.325 e. The number of benzene rings is 2. The number of thioether (sulfide) groups is 1. The van der Waals surface area contributed by atoms with E-state index in [2.05, 4.69) is 61.3 Å². The molecule has 0 unspecified atom stereocenters. The van der Waals surface area contributed by atoms with Gasteiger partial charge in [0.25, 0.3) is 0 Å². The Morgan fingerprint density at radius 1 is 1.03 bits per heavy atom. The number of rotatable bonds is 5. The number of piperidine rings is 1. The summed E-state index contributed by atoms with van der Waals surface area (Å²) in [6, 6.07) is 14.5. The summed E-state index contributed by atoms with van der Waals surface area (Å²) < 4.78 is 0. The smallest absolute Gasteiger partial charge is 0.234 e. The van der Waals surface area contributed by atoms with Gasteiger partial charge in [-0.15, -0.1) is 0 Å². The summed E-state index contributed by atoms with van der Waals surface area (Å²) in [5.41, 5.74) is 5.98. The second kappa shape index (κ2) is 9.59. The highest BCUT2D eigenvalue weighted by Gasteiger charge is 2.39. The molecular weight excluding hydrogens is 416 g/mol. The number of aryl methyl sites for hydroxylation is 3. The zero-order chi connectivity index (χ0) is 22.7. The Morgan fingerprint density at radius 3 is 2.38 bits per heavy atom. The number of carbonyl (C=O) groups is 1. The number of amides is 1. The third-order valence-electron chi connectivity index (χ3n) is 6.26. The van der Waals surface area contributed by atoms with Crippen LogP contribution in [0.3, 0.4) is 0 Å². The molecular formula is C26H32N4OS. The van der Waals surface area contributed by atoms with Gasteiger partial charge in [-0.2, -0.15) is 0 Å². The molecule has 5 nitrogen and oxygen atoms in total. The zero-order valence-electron chi connectivity index (χ0n) is 19.4. The lowest BCUT2D eigenvalue weighted by molar-refractivity contribution is -0.113. The molecule has 2 aliphatic rings. The minimum Gasteiger partial charge on any atom is -0.325 e. The highest BCUT2D eigenvalue weighted by molar-refractivity contribution is 8.16. The number of likely N-dealkylation sites (tertiary alicyclic amines) is 1. The summed E-state index contributed by atoms with van der Waals surface area (Å²) in [6.45, 7) is 11.4. The van der Waals surface area contributed by atoms with Crippen LogP contribution >= 0.6 is 11.8 Å². The van der Waals surface area contributed by atoms with E-state index in [1.165, 1.54) is 22.9 Å². The van der Waals surface area contributed by atoms with Gasteiger partial charge < -0.3 is 10.2 Å². The number of nitrogens with one attached hydrogen (secondary N) is 1. The van der Waals surface area contributed by atoms with E-state index in [0.717, 1.165) is 60.0 Å². The molecule has 1 fully saturated rings. The van der Waals surface area contributed by atoms with Crippen LogP contribution in [-0.4, -0.2) is 52.6 Å². The van der Waals surface area contributed by atoms with Crippen molar-refractivity contribution in [1.82, 2.24) is 4.90 Å². The molecule has 4 rings (SSSR count). The molecule has 0 saturated carbocycles. The molecule has 1 spiro atoms. The molecule has 2 aromatic carbocycles. The quantitative estimate of drug-likeness (QED) is 0.701. The summed E-state index contributed by atoms with van der Waals surface area (Å²) in [5, 5.41) is 3.93. The van der Waals surface area contributed by atoms with Crippen LogP contribution in [-0.2, 0) is 4.79 Å². The number of nitrogens with zero attached hydrogens (tertiary/aromatic N) is 3. The van der Waals surface area contributed by atoms with Crippen LogP contribution in [0.1, 0.15) is 42.0 Å². The molecule has 168 valence electrons. The average Bonchev–Trinajstić information content (AvgIpc) is 3.13. The number of carbonyl (C=O) groups excluding carboxylic acids is 1. The fourth-order valence-corrected chi connectivity index (χ4v) is 5.12. The fourth-order valence-electron chi connectivity index (χ4n) is 4.25. The summed E-state index contributed by atoms with van der Waals surface area (Å²) in [7, 11) is 0. The van der Waals surface area contributed by atoms with Crippen LogP contribution in [0.25, 0.3) is 0 Å². The molecule has 0 bridgehead atoms. The molecule has 2 aromatic rings. The molecule has 2 heterocycles. The van der Waals surface area contributed by atoms with Gasteiger partial charge in [0, 0.05) is 37.2 Å². The lowest BCUT2D eigenvalue weighted by Crippen LogP contribution is -2.41. The number of anilines is 1. The second-order valence-corrected chi connectivity index (χ2v) is 9.78. The molecule has 1 N–H and O–H groups in total. The predicted octanol–water partition coefficient (Wildman–Crippen LogP) is 5.00. The van der Waals surface area contributed by atoms with Crippen molar-refractivity contribution in [2.45, 2.75) is 46.2 Å². The van der Waals surface area contributed by atoms with Crippen molar-refractivity contribution >= 4 is 34.1 Å². The van der Waals surface area contributed by atoms with Crippen LogP contribution in [0.15, 0.2) is 52.4 Å². The highest BCUT2D eigenvalue weighted by atomic mass is 32.2. The van der Waals surface area contributed by atoms with Crippen molar-refractivity contribution in [3.05, 3.63) is 64.7 Å². The lowest BCUT2D eigenvalue weighted by atomic mass is 9.98. The van der Waals surface area contributed by atoms with Gasteiger partial charge in [0.1, 0.15) is 5.04 Å². The fraction of sp³-hybridized carbons (Fsp3) is 0.423. The molecule has 1 saturated heterocycles. The van der Waals surface area contributed by atoms with Gasteiger partial charge in [0.05, 0.1) is 11.5 Å². The normalized spacial score (nSPS) is 17.9. The van der Waals surface area contributed by atoms with Gasteiger partial charge in [0.15, 0.2) is 5.66 Å². The van der Waals surface area contributed by atoms with Gasteiger partial charge in [-0.05, 0) is 38.9 Å². The zero-order valence-corrected chi connectivity index (χ0v) is 20.3. The van der Waals surface area contributed by atoms with E-state index in [1.54, 1.807) is 0 Å². The summed E-state index contributed by atoms with van der Waals surface area (Å²) in [6.07, 6.45) is 1.85.